The van der Waals surface area contributed by atoms with E-state index in [2.05, 4.69) is 25.9 Å². The van der Waals surface area contributed by atoms with Crippen LogP contribution in [-0.4, -0.2) is 57.4 Å². The molecule has 0 fully saturated rings. The van der Waals surface area contributed by atoms with E-state index in [0.717, 1.165) is 32.9 Å². The summed E-state index contributed by atoms with van der Waals surface area (Å²) in [4.78, 5) is 73.6. The number of benzene rings is 4. The van der Waals surface area contributed by atoms with Gasteiger partial charge in [-0.1, -0.05) is 66.7 Å². The van der Waals surface area contributed by atoms with Gasteiger partial charge in [0, 0.05) is 58.5 Å². The Morgan fingerprint density at radius 1 is 0.722 bits per heavy atom. The molecule has 2 atom stereocenters. The fourth-order valence-corrected chi connectivity index (χ4v) is 6.30. The number of amides is 3. The summed E-state index contributed by atoms with van der Waals surface area (Å²) in [5.41, 5.74) is 2.62. The molecule has 3 amide bonds. The predicted octanol–water partition coefficient (Wildman–Crippen LogP) is 4.39. The third-order valence-electron chi connectivity index (χ3n) is 9.07. The number of esters is 1. The third kappa shape index (κ3) is 8.00. The van der Waals surface area contributed by atoms with Gasteiger partial charge in [-0.3, -0.25) is 19.2 Å². The van der Waals surface area contributed by atoms with E-state index < -0.39 is 47.9 Å². The monoisotopic (exact) mass is 725 g/mol. The van der Waals surface area contributed by atoms with Crippen LogP contribution in [0, 0.1) is 0 Å². The Kier molecular flexibility index (Phi) is 10.2. The van der Waals surface area contributed by atoms with Crippen molar-refractivity contribution in [3.8, 4) is 5.75 Å². The van der Waals surface area contributed by atoms with Crippen LogP contribution in [0.4, 0.5) is 0 Å². The lowest BCUT2D eigenvalue weighted by molar-refractivity contribution is -0.145. The number of phenolic OH excluding ortho intramolecular Hbond substituents is 1. The quantitative estimate of drug-likeness (QED) is 0.0744. The van der Waals surface area contributed by atoms with E-state index in [0.29, 0.717) is 10.9 Å². The van der Waals surface area contributed by atoms with Crippen molar-refractivity contribution in [2.24, 2.45) is 0 Å². The molecule has 7 rings (SSSR count). The summed E-state index contributed by atoms with van der Waals surface area (Å²) in [7, 11) is 0. The molecule has 0 aliphatic carbocycles. The zero-order valence-corrected chi connectivity index (χ0v) is 28.8. The summed E-state index contributed by atoms with van der Waals surface area (Å²) in [6.07, 6.45) is 3.50. The number of H-pyrrole nitrogens is 2. The Labute approximate surface area is 307 Å². The van der Waals surface area contributed by atoms with Gasteiger partial charge in [0.05, 0.1) is 0 Å². The molecule has 13 heteroatoms. The molecule has 0 aliphatic heterocycles. The first kappa shape index (κ1) is 35.3. The van der Waals surface area contributed by atoms with Gasteiger partial charge >= 0.3 is 11.6 Å². The number of aromatic amines is 2. The first-order valence-corrected chi connectivity index (χ1v) is 17.2. The van der Waals surface area contributed by atoms with Gasteiger partial charge in [-0.25, -0.2) is 4.79 Å². The summed E-state index contributed by atoms with van der Waals surface area (Å²) < 4.78 is 10.6. The maximum Gasteiger partial charge on any atom is 0.349 e. The topological polar surface area (TPSA) is 196 Å². The first-order chi connectivity index (χ1) is 26.2. The lowest BCUT2D eigenvalue weighted by Gasteiger charge is -2.23. The van der Waals surface area contributed by atoms with Crippen LogP contribution >= 0.6 is 0 Å². The van der Waals surface area contributed by atoms with Crippen molar-refractivity contribution >= 4 is 56.5 Å². The minimum absolute atomic E-state index is 0.0123. The molecule has 6 N–H and O–H groups in total. The minimum atomic E-state index is -1.28. The largest absolute Gasteiger partial charge is 0.508 e. The number of hydrogen-bond acceptors (Lipinski definition) is 8. The van der Waals surface area contributed by atoms with Crippen LogP contribution in [0.25, 0.3) is 32.8 Å². The zero-order chi connectivity index (χ0) is 37.6. The van der Waals surface area contributed by atoms with Gasteiger partial charge in [0.25, 0.3) is 5.91 Å². The number of phenols is 1. The number of aromatic nitrogens is 2. The fourth-order valence-electron chi connectivity index (χ4n) is 6.30. The smallest absolute Gasteiger partial charge is 0.349 e. The molecule has 0 saturated carbocycles. The minimum Gasteiger partial charge on any atom is -0.508 e. The maximum absolute atomic E-state index is 14.3. The first-order valence-electron chi connectivity index (χ1n) is 17.2. The van der Waals surface area contributed by atoms with Crippen LogP contribution in [0.5, 0.6) is 5.75 Å². The predicted molar refractivity (Wildman–Crippen MR) is 201 cm³/mol. The van der Waals surface area contributed by atoms with E-state index in [-0.39, 0.29) is 36.3 Å². The molecule has 272 valence electrons. The second-order valence-electron chi connectivity index (χ2n) is 12.7. The molecule has 0 spiro atoms. The molecule has 0 bridgehead atoms. The van der Waals surface area contributed by atoms with Gasteiger partial charge in [0.2, 0.25) is 11.8 Å². The number of para-hydroxylation sites is 2. The standard InChI is InChI=1S/C41H35N5O8/c47-28-15-14-25-16-31(41(52)54-36(25)19-28)38(49)45-35(18-27-21-43-33-13-7-5-11-30(27)33)40(51)46-34(17-26-20-42-32-12-6-4-10-29(26)32)39(50)44-22-37(48)53-23-24-8-2-1-3-9-24/h1-16,19-21,34-35,42-43,47H,17-18,22-23H2,(H,44,50)(H,45,49)(H,46,51)/t34-,35-/m0/s1. The van der Waals surface area contributed by atoms with Crippen LogP contribution in [-0.2, 0) is 38.6 Å². The van der Waals surface area contributed by atoms with Crippen molar-refractivity contribution in [2.45, 2.75) is 31.5 Å². The molecule has 0 unspecified atom stereocenters. The average molecular weight is 726 g/mol. The molecule has 3 aromatic heterocycles. The Morgan fingerprint density at radius 2 is 1.33 bits per heavy atom. The number of aromatic hydroxyl groups is 1. The highest BCUT2D eigenvalue weighted by molar-refractivity contribution is 6.00. The van der Waals surface area contributed by atoms with Gasteiger partial charge in [-0.15, -0.1) is 0 Å². The second-order valence-corrected chi connectivity index (χ2v) is 12.7. The van der Waals surface area contributed by atoms with Crippen molar-refractivity contribution in [1.29, 1.82) is 0 Å². The van der Waals surface area contributed by atoms with Gasteiger partial charge in [0.15, 0.2) is 0 Å². The molecule has 0 saturated heterocycles. The van der Waals surface area contributed by atoms with Gasteiger partial charge in [0.1, 0.15) is 42.1 Å². The van der Waals surface area contributed by atoms with E-state index in [4.69, 9.17) is 9.15 Å². The Hall–Kier alpha value is -7.15. The zero-order valence-electron chi connectivity index (χ0n) is 28.8. The SMILES string of the molecule is O=C(CNC(=O)[C@H](Cc1c[nH]c2ccccc12)NC(=O)[C@H](Cc1c[nH]c2ccccc12)NC(=O)c1cc2ccc(O)cc2oc1=O)OCc1ccccc1. The third-order valence-corrected chi connectivity index (χ3v) is 9.07. The van der Waals surface area contributed by atoms with Crippen LogP contribution < -0.4 is 21.6 Å². The Bertz CT molecular complexity index is 2560. The molecule has 4 aromatic carbocycles. The highest BCUT2D eigenvalue weighted by atomic mass is 16.5. The number of fused-ring (bicyclic) bond motifs is 3. The highest BCUT2D eigenvalue weighted by Crippen LogP contribution is 2.22. The summed E-state index contributed by atoms with van der Waals surface area (Å²) in [5, 5.41) is 19.9. The number of carbonyl (C=O) groups excluding carboxylic acids is 4. The highest BCUT2D eigenvalue weighted by Gasteiger charge is 2.30. The van der Waals surface area contributed by atoms with E-state index in [1.165, 1.54) is 24.3 Å². The molecule has 0 radical (unpaired) electrons. The summed E-state index contributed by atoms with van der Waals surface area (Å²) >= 11 is 0. The lowest BCUT2D eigenvalue weighted by atomic mass is 10.0. The number of hydrogen-bond donors (Lipinski definition) is 6. The number of nitrogens with one attached hydrogen (secondary N) is 5. The van der Waals surface area contributed by atoms with Crippen molar-refractivity contribution < 1.29 is 33.4 Å². The summed E-state index contributed by atoms with van der Waals surface area (Å²) in [6, 6.07) is 27.0. The van der Waals surface area contributed by atoms with Gasteiger partial charge < -0.3 is 40.2 Å². The molecule has 13 nitrogen and oxygen atoms in total. The van der Waals surface area contributed by atoms with Crippen molar-refractivity contribution in [3.05, 3.63) is 148 Å². The molecule has 7 aromatic rings. The fraction of sp³-hybridized carbons (Fsp3) is 0.146. The molecular weight excluding hydrogens is 690 g/mol. The normalized spacial score (nSPS) is 12.3. The van der Waals surface area contributed by atoms with Crippen molar-refractivity contribution in [3.63, 3.8) is 0 Å². The van der Waals surface area contributed by atoms with Crippen LogP contribution in [0.3, 0.4) is 0 Å². The van der Waals surface area contributed by atoms with E-state index >= 15 is 0 Å². The molecule has 3 heterocycles. The molecule has 0 aliphatic rings. The summed E-state index contributed by atoms with van der Waals surface area (Å²) in [5.74, 6) is -3.03. The average Bonchev–Trinajstić information content (AvgIpc) is 3.79. The van der Waals surface area contributed by atoms with E-state index in [1.807, 2.05) is 78.9 Å². The van der Waals surface area contributed by atoms with E-state index in [1.54, 1.807) is 12.4 Å². The number of rotatable bonds is 13. The van der Waals surface area contributed by atoms with Crippen LogP contribution in [0.2, 0.25) is 0 Å². The Balaban J connectivity index is 1.15. The lowest BCUT2D eigenvalue weighted by Crippen LogP contribution is -2.55. The molecule has 54 heavy (non-hydrogen) atoms. The number of ether oxygens (including phenoxy) is 1. The van der Waals surface area contributed by atoms with Crippen molar-refractivity contribution in [1.82, 2.24) is 25.9 Å². The van der Waals surface area contributed by atoms with E-state index in [9.17, 15) is 29.1 Å². The van der Waals surface area contributed by atoms with Crippen molar-refractivity contribution in [2.75, 3.05) is 6.54 Å². The number of carbonyl (C=O) groups is 4. The molecular formula is C41H35N5O8. The van der Waals surface area contributed by atoms with Crippen LogP contribution in [0.1, 0.15) is 27.0 Å². The summed E-state index contributed by atoms with van der Waals surface area (Å²) in [6.45, 7) is -0.421. The second kappa shape index (κ2) is 15.6. The van der Waals surface area contributed by atoms with Crippen LogP contribution in [0.15, 0.2) is 125 Å². The Morgan fingerprint density at radius 3 is 2.00 bits per heavy atom. The van der Waals surface area contributed by atoms with Gasteiger partial charge in [-0.2, -0.15) is 0 Å². The maximum atomic E-state index is 14.3. The van der Waals surface area contributed by atoms with Gasteiger partial charge in [-0.05, 0) is 47.0 Å².